The molecule has 1 aliphatic carbocycles. The van der Waals surface area contributed by atoms with E-state index in [9.17, 15) is 4.39 Å². The summed E-state index contributed by atoms with van der Waals surface area (Å²) in [5.74, 6) is 0.588. The van der Waals surface area contributed by atoms with Gasteiger partial charge in [0.15, 0.2) is 5.96 Å². The Morgan fingerprint density at radius 3 is 2.48 bits per heavy atom. The lowest BCUT2D eigenvalue weighted by molar-refractivity contribution is 0.134. The van der Waals surface area contributed by atoms with Gasteiger partial charge in [0, 0.05) is 32.2 Å². The van der Waals surface area contributed by atoms with Gasteiger partial charge >= 0.3 is 0 Å². The molecule has 0 bridgehead atoms. The average molecular weight is 369 g/mol. The predicted molar refractivity (Wildman–Crippen MR) is 107 cm³/mol. The Hall–Kier alpha value is -2.40. The van der Waals surface area contributed by atoms with Crippen LogP contribution in [0.25, 0.3) is 0 Å². The summed E-state index contributed by atoms with van der Waals surface area (Å²) in [6.45, 7) is 4.82. The number of halogens is 1. The van der Waals surface area contributed by atoms with E-state index in [1.54, 1.807) is 19.2 Å². The molecule has 2 aromatic carbocycles. The highest BCUT2D eigenvalue weighted by molar-refractivity contribution is 5.79. The van der Waals surface area contributed by atoms with Gasteiger partial charge in [0.1, 0.15) is 5.82 Å². The smallest absolute Gasteiger partial charge is 0.191 e. The third-order valence-corrected chi connectivity index (χ3v) is 5.06. The van der Waals surface area contributed by atoms with Gasteiger partial charge < -0.3 is 15.4 Å². The van der Waals surface area contributed by atoms with Crippen LogP contribution in [0.2, 0.25) is 0 Å². The number of ether oxygens (including phenoxy) is 1. The van der Waals surface area contributed by atoms with Crippen molar-refractivity contribution < 1.29 is 9.13 Å². The van der Waals surface area contributed by atoms with Gasteiger partial charge in [-0.2, -0.15) is 0 Å². The van der Waals surface area contributed by atoms with Crippen molar-refractivity contribution in [2.45, 2.75) is 38.3 Å². The van der Waals surface area contributed by atoms with Crippen molar-refractivity contribution in [3.05, 3.63) is 71.0 Å². The van der Waals surface area contributed by atoms with E-state index in [-0.39, 0.29) is 11.2 Å². The van der Waals surface area contributed by atoms with Gasteiger partial charge in [0.2, 0.25) is 0 Å². The van der Waals surface area contributed by atoms with Crippen LogP contribution in [0, 0.1) is 5.82 Å². The number of aliphatic imine (C=N–C) groups is 1. The molecular weight excluding hydrogens is 341 g/mol. The van der Waals surface area contributed by atoms with E-state index < -0.39 is 0 Å². The van der Waals surface area contributed by atoms with E-state index in [2.05, 4.69) is 39.9 Å². The average Bonchev–Trinajstić information content (AvgIpc) is 3.48. The van der Waals surface area contributed by atoms with E-state index in [0.29, 0.717) is 13.2 Å². The maximum atomic E-state index is 13.5. The van der Waals surface area contributed by atoms with Crippen molar-refractivity contribution in [2.75, 3.05) is 20.2 Å². The summed E-state index contributed by atoms with van der Waals surface area (Å²) in [4.78, 5) is 4.30. The van der Waals surface area contributed by atoms with Crippen molar-refractivity contribution in [3.63, 3.8) is 0 Å². The summed E-state index contributed by atoms with van der Waals surface area (Å²) in [6, 6.07) is 15.3. The Labute approximate surface area is 160 Å². The molecule has 0 aromatic heterocycles. The van der Waals surface area contributed by atoms with E-state index in [1.807, 2.05) is 13.0 Å². The summed E-state index contributed by atoms with van der Waals surface area (Å²) in [5, 5.41) is 6.74. The van der Waals surface area contributed by atoms with Crippen LogP contribution >= 0.6 is 0 Å². The fourth-order valence-electron chi connectivity index (χ4n) is 3.17. The second-order valence-electron chi connectivity index (χ2n) is 7.02. The molecule has 2 aromatic rings. The van der Waals surface area contributed by atoms with Crippen LogP contribution in [0.5, 0.6) is 0 Å². The molecule has 0 unspecified atom stereocenters. The van der Waals surface area contributed by atoms with Gasteiger partial charge in [-0.25, -0.2) is 4.39 Å². The van der Waals surface area contributed by atoms with Crippen molar-refractivity contribution in [3.8, 4) is 0 Å². The Bertz CT molecular complexity index is 769. The normalized spacial score (nSPS) is 15.4. The standard InChI is InChI=1S/C22H28FN3O/c1-3-27-15-18-9-7-17(8-10-18)14-25-21(24-2)26-16-22(11-12-22)19-5-4-6-20(23)13-19/h4-10,13H,3,11-12,14-16H2,1-2H3,(H2,24,25,26). The molecule has 0 aliphatic heterocycles. The summed E-state index contributed by atoms with van der Waals surface area (Å²) in [7, 11) is 1.77. The Balaban J connectivity index is 1.50. The molecule has 0 atom stereocenters. The number of rotatable bonds is 8. The minimum absolute atomic E-state index is 0.0284. The van der Waals surface area contributed by atoms with Gasteiger partial charge in [-0.1, -0.05) is 36.4 Å². The first-order chi connectivity index (χ1) is 13.1. The summed E-state index contributed by atoms with van der Waals surface area (Å²) in [6.07, 6.45) is 2.14. The Morgan fingerprint density at radius 2 is 1.85 bits per heavy atom. The maximum absolute atomic E-state index is 13.5. The fraction of sp³-hybridized carbons (Fsp3) is 0.409. The highest BCUT2D eigenvalue weighted by Gasteiger charge is 2.44. The Morgan fingerprint density at radius 1 is 1.11 bits per heavy atom. The van der Waals surface area contributed by atoms with Crippen LogP contribution in [-0.2, 0) is 23.3 Å². The molecule has 3 rings (SSSR count). The van der Waals surface area contributed by atoms with Gasteiger partial charge in [0.25, 0.3) is 0 Å². The number of benzene rings is 2. The molecule has 1 aliphatic rings. The lowest BCUT2D eigenvalue weighted by atomic mass is 9.96. The first-order valence-electron chi connectivity index (χ1n) is 9.51. The van der Waals surface area contributed by atoms with Crippen LogP contribution in [-0.4, -0.2) is 26.2 Å². The summed E-state index contributed by atoms with van der Waals surface area (Å²) < 4.78 is 19.0. The van der Waals surface area contributed by atoms with Gasteiger partial charge in [0.05, 0.1) is 6.61 Å². The molecule has 0 radical (unpaired) electrons. The largest absolute Gasteiger partial charge is 0.377 e. The topological polar surface area (TPSA) is 45.6 Å². The number of hydrogen-bond acceptors (Lipinski definition) is 2. The zero-order valence-corrected chi connectivity index (χ0v) is 16.1. The highest BCUT2D eigenvalue weighted by Crippen LogP contribution is 2.47. The van der Waals surface area contributed by atoms with Crippen LogP contribution in [0.3, 0.4) is 0 Å². The molecule has 4 nitrogen and oxygen atoms in total. The first kappa shape index (κ1) is 19.4. The quantitative estimate of drug-likeness (QED) is 0.550. The van der Waals surface area contributed by atoms with Crippen LogP contribution < -0.4 is 10.6 Å². The van der Waals surface area contributed by atoms with Gasteiger partial charge in [-0.05, 0) is 48.6 Å². The summed E-state index contributed by atoms with van der Waals surface area (Å²) >= 11 is 0. The zero-order chi connectivity index (χ0) is 19.1. The predicted octanol–water partition coefficient (Wildman–Crippen LogP) is 3.76. The highest BCUT2D eigenvalue weighted by atomic mass is 19.1. The van der Waals surface area contributed by atoms with Gasteiger partial charge in [-0.3, -0.25) is 4.99 Å². The SMILES string of the molecule is CCOCc1ccc(CNC(=NC)NCC2(c3cccc(F)c3)CC2)cc1. The van der Waals surface area contributed by atoms with E-state index in [4.69, 9.17) is 4.74 Å². The number of guanidine groups is 1. The van der Waals surface area contributed by atoms with Crippen molar-refractivity contribution in [1.29, 1.82) is 0 Å². The lowest BCUT2D eigenvalue weighted by Crippen LogP contribution is -2.40. The molecule has 27 heavy (non-hydrogen) atoms. The van der Waals surface area contributed by atoms with Crippen molar-refractivity contribution >= 4 is 5.96 Å². The molecule has 0 amide bonds. The number of nitrogens with one attached hydrogen (secondary N) is 2. The third kappa shape index (κ3) is 5.30. The van der Waals surface area contributed by atoms with Crippen LogP contribution in [0.1, 0.15) is 36.5 Å². The molecule has 0 saturated heterocycles. The first-order valence-corrected chi connectivity index (χ1v) is 9.51. The third-order valence-electron chi connectivity index (χ3n) is 5.06. The number of hydrogen-bond donors (Lipinski definition) is 2. The fourth-order valence-corrected chi connectivity index (χ4v) is 3.17. The van der Waals surface area contributed by atoms with Crippen LogP contribution in [0.4, 0.5) is 4.39 Å². The van der Waals surface area contributed by atoms with Crippen molar-refractivity contribution in [1.82, 2.24) is 10.6 Å². The van der Waals surface area contributed by atoms with E-state index in [1.165, 1.54) is 17.2 Å². The van der Waals surface area contributed by atoms with Gasteiger partial charge in [-0.15, -0.1) is 0 Å². The molecule has 5 heteroatoms. The molecule has 0 spiro atoms. The van der Waals surface area contributed by atoms with Crippen molar-refractivity contribution in [2.24, 2.45) is 4.99 Å². The Kier molecular flexibility index (Phi) is 6.45. The lowest BCUT2D eigenvalue weighted by Gasteiger charge is -2.19. The summed E-state index contributed by atoms with van der Waals surface area (Å²) in [5.41, 5.74) is 3.45. The minimum atomic E-state index is -0.172. The second-order valence-corrected chi connectivity index (χ2v) is 7.02. The second kappa shape index (κ2) is 9.00. The molecule has 144 valence electrons. The molecular formula is C22H28FN3O. The maximum Gasteiger partial charge on any atom is 0.191 e. The molecule has 2 N–H and O–H groups in total. The van der Waals surface area contributed by atoms with Crippen LogP contribution in [0.15, 0.2) is 53.5 Å². The van der Waals surface area contributed by atoms with E-state index >= 15 is 0 Å². The molecule has 1 saturated carbocycles. The monoisotopic (exact) mass is 369 g/mol. The molecule has 1 fully saturated rings. The molecule has 0 heterocycles. The zero-order valence-electron chi connectivity index (χ0n) is 16.1. The van der Waals surface area contributed by atoms with E-state index in [0.717, 1.165) is 37.5 Å². The number of nitrogens with zero attached hydrogens (tertiary/aromatic N) is 1. The minimum Gasteiger partial charge on any atom is -0.377 e.